The monoisotopic (exact) mass is 363 g/mol. The van der Waals surface area contributed by atoms with E-state index in [1.165, 1.54) is 6.07 Å². The van der Waals surface area contributed by atoms with Crippen LogP contribution in [-0.2, 0) is 15.8 Å². The van der Waals surface area contributed by atoms with Crippen LogP contribution in [0.4, 0.5) is 13.2 Å². The largest absolute Gasteiger partial charge is 0.416 e. The van der Waals surface area contributed by atoms with Gasteiger partial charge in [-0.1, -0.05) is 17.7 Å². The van der Waals surface area contributed by atoms with Gasteiger partial charge in [0, 0.05) is 5.02 Å². The molecule has 0 spiro atoms. The van der Waals surface area contributed by atoms with E-state index in [2.05, 4.69) is 16.0 Å². The molecule has 3 unspecified atom stereocenters. The lowest BCUT2D eigenvalue weighted by molar-refractivity contribution is -0.137. The Kier molecular flexibility index (Phi) is 5.39. The van der Waals surface area contributed by atoms with E-state index in [1.54, 1.807) is 13.8 Å². The van der Waals surface area contributed by atoms with Crippen LogP contribution in [0.15, 0.2) is 18.2 Å². The summed E-state index contributed by atoms with van der Waals surface area (Å²) < 4.78 is 38.0. The van der Waals surface area contributed by atoms with Crippen LogP contribution in [0.2, 0.25) is 5.02 Å². The van der Waals surface area contributed by atoms with Crippen LogP contribution in [0.3, 0.4) is 0 Å². The van der Waals surface area contributed by atoms with Gasteiger partial charge in [-0.15, -0.1) is 0 Å². The minimum absolute atomic E-state index is 0.0103. The Balaban J connectivity index is 2.08. The molecule has 1 saturated heterocycles. The van der Waals surface area contributed by atoms with Crippen LogP contribution in [0.1, 0.15) is 37.4 Å². The summed E-state index contributed by atoms with van der Waals surface area (Å²) in [7, 11) is 0. The van der Waals surface area contributed by atoms with Crippen molar-refractivity contribution in [3.8, 4) is 0 Å². The number of benzene rings is 1. The smallest absolute Gasteiger partial charge is 0.348 e. The molecule has 0 radical (unpaired) electrons. The van der Waals surface area contributed by atoms with Crippen molar-refractivity contribution < 1.29 is 22.8 Å². The Morgan fingerprint density at radius 2 is 2.08 bits per heavy atom. The first-order valence-electron chi connectivity index (χ1n) is 7.30. The zero-order chi connectivity index (χ0) is 18.1. The van der Waals surface area contributed by atoms with Gasteiger partial charge in [0.1, 0.15) is 0 Å². The van der Waals surface area contributed by atoms with Gasteiger partial charge in [-0.2, -0.15) is 13.2 Å². The molecule has 1 aliphatic heterocycles. The predicted octanol–water partition coefficient (Wildman–Crippen LogP) is 2.36. The van der Waals surface area contributed by atoms with Gasteiger partial charge in [0.25, 0.3) is 0 Å². The quantitative estimate of drug-likeness (QED) is 0.772. The molecule has 1 heterocycles. The number of hydrogen-bond acceptors (Lipinski definition) is 3. The highest BCUT2D eigenvalue weighted by atomic mass is 35.5. The molecule has 1 aromatic rings. The van der Waals surface area contributed by atoms with Gasteiger partial charge in [0.05, 0.1) is 30.2 Å². The van der Waals surface area contributed by atoms with Crippen LogP contribution in [0.5, 0.6) is 0 Å². The Labute approximate surface area is 141 Å². The van der Waals surface area contributed by atoms with E-state index in [4.69, 9.17) is 11.6 Å². The van der Waals surface area contributed by atoms with Crippen molar-refractivity contribution in [3.05, 3.63) is 34.3 Å². The predicted molar refractivity (Wildman–Crippen MR) is 82.2 cm³/mol. The fourth-order valence-corrected chi connectivity index (χ4v) is 2.85. The third-order valence-corrected chi connectivity index (χ3v) is 4.02. The number of rotatable bonds is 3. The molecule has 0 aromatic heterocycles. The second-order valence-corrected chi connectivity index (χ2v) is 6.08. The number of carbonyl (C=O) groups excluding carboxylic acids is 2. The van der Waals surface area contributed by atoms with E-state index in [-0.39, 0.29) is 23.5 Å². The topological polar surface area (TPSA) is 70.2 Å². The highest BCUT2D eigenvalue weighted by molar-refractivity contribution is 6.31. The maximum absolute atomic E-state index is 12.7. The SMILES string of the molecule is CC1NC(=O)CC(C(=O)NC(C)c2ccc(C(F)(F)F)cc2Cl)N1. The lowest BCUT2D eigenvalue weighted by Crippen LogP contribution is -2.59. The number of hydrogen-bond donors (Lipinski definition) is 3. The zero-order valence-electron chi connectivity index (χ0n) is 13.0. The Morgan fingerprint density at radius 1 is 1.42 bits per heavy atom. The maximum Gasteiger partial charge on any atom is 0.416 e. The fraction of sp³-hybridized carbons (Fsp3) is 0.467. The molecular weight excluding hydrogens is 347 g/mol. The molecule has 9 heteroatoms. The van der Waals surface area contributed by atoms with Crippen molar-refractivity contribution >= 4 is 23.4 Å². The highest BCUT2D eigenvalue weighted by Crippen LogP contribution is 2.33. The van der Waals surface area contributed by atoms with E-state index in [9.17, 15) is 22.8 Å². The van der Waals surface area contributed by atoms with E-state index in [0.29, 0.717) is 5.56 Å². The minimum Gasteiger partial charge on any atom is -0.348 e. The van der Waals surface area contributed by atoms with Crippen LogP contribution in [0, 0.1) is 0 Å². The normalized spacial score (nSPS) is 22.7. The highest BCUT2D eigenvalue weighted by Gasteiger charge is 2.32. The second-order valence-electron chi connectivity index (χ2n) is 5.68. The second kappa shape index (κ2) is 6.98. The number of amides is 2. The summed E-state index contributed by atoms with van der Waals surface area (Å²) in [6.45, 7) is 3.31. The van der Waals surface area contributed by atoms with Crippen LogP contribution >= 0.6 is 11.6 Å². The lowest BCUT2D eigenvalue weighted by Gasteiger charge is -2.29. The van der Waals surface area contributed by atoms with Crippen LogP contribution in [0.25, 0.3) is 0 Å². The number of nitrogens with one attached hydrogen (secondary N) is 3. The number of alkyl halides is 3. The van der Waals surface area contributed by atoms with Gasteiger partial charge < -0.3 is 10.6 Å². The van der Waals surface area contributed by atoms with E-state index in [0.717, 1.165) is 12.1 Å². The van der Waals surface area contributed by atoms with Crippen LogP contribution < -0.4 is 16.0 Å². The molecule has 2 rings (SSSR count). The fourth-order valence-electron chi connectivity index (χ4n) is 2.50. The molecule has 2 amide bonds. The zero-order valence-corrected chi connectivity index (χ0v) is 13.8. The van der Waals surface area contributed by atoms with Gasteiger partial charge in [-0.05, 0) is 31.5 Å². The van der Waals surface area contributed by atoms with Crippen LogP contribution in [-0.4, -0.2) is 24.0 Å². The Morgan fingerprint density at radius 3 is 2.62 bits per heavy atom. The van der Waals surface area contributed by atoms with Gasteiger partial charge >= 0.3 is 6.18 Å². The summed E-state index contributed by atoms with van der Waals surface area (Å²) in [4.78, 5) is 23.7. The molecule has 3 atom stereocenters. The van der Waals surface area contributed by atoms with E-state index >= 15 is 0 Å². The lowest BCUT2D eigenvalue weighted by atomic mass is 10.0. The molecular formula is C15H17ClF3N3O2. The van der Waals surface area contributed by atoms with Crippen molar-refractivity contribution in [2.45, 2.75) is 44.7 Å². The number of halogens is 4. The summed E-state index contributed by atoms with van der Waals surface area (Å²) in [5.41, 5.74) is -0.486. The van der Waals surface area contributed by atoms with Gasteiger partial charge in [-0.25, -0.2) is 0 Å². The molecule has 0 bridgehead atoms. The third-order valence-electron chi connectivity index (χ3n) is 3.69. The van der Waals surface area contributed by atoms with E-state index < -0.39 is 29.7 Å². The van der Waals surface area contributed by atoms with Crippen molar-refractivity contribution in [2.24, 2.45) is 0 Å². The first-order valence-corrected chi connectivity index (χ1v) is 7.68. The molecule has 3 N–H and O–H groups in total. The first kappa shape index (κ1) is 18.5. The molecule has 132 valence electrons. The summed E-state index contributed by atoms with van der Waals surface area (Å²) in [6.07, 6.45) is -4.83. The maximum atomic E-state index is 12.7. The molecule has 5 nitrogen and oxygen atoms in total. The number of carbonyl (C=O) groups is 2. The molecule has 1 fully saturated rings. The van der Waals surface area contributed by atoms with Crippen molar-refractivity contribution in [2.75, 3.05) is 0 Å². The molecule has 0 saturated carbocycles. The molecule has 1 aromatic carbocycles. The van der Waals surface area contributed by atoms with Gasteiger partial charge in [0.15, 0.2) is 0 Å². The third kappa shape index (κ3) is 4.39. The average molecular weight is 364 g/mol. The van der Waals surface area contributed by atoms with Gasteiger partial charge in [-0.3, -0.25) is 14.9 Å². The Bertz CT molecular complexity index is 651. The Hall–Kier alpha value is -1.80. The van der Waals surface area contributed by atoms with Gasteiger partial charge in [0.2, 0.25) is 11.8 Å². The summed E-state index contributed by atoms with van der Waals surface area (Å²) in [6, 6.07) is 1.67. The first-order chi connectivity index (χ1) is 11.1. The summed E-state index contributed by atoms with van der Waals surface area (Å²) in [5.74, 6) is -0.665. The summed E-state index contributed by atoms with van der Waals surface area (Å²) >= 11 is 5.91. The minimum atomic E-state index is -4.48. The molecule has 24 heavy (non-hydrogen) atoms. The van der Waals surface area contributed by atoms with Crippen molar-refractivity contribution in [1.29, 1.82) is 0 Å². The molecule has 0 aliphatic carbocycles. The van der Waals surface area contributed by atoms with E-state index in [1.807, 2.05) is 0 Å². The summed E-state index contributed by atoms with van der Waals surface area (Å²) in [5, 5.41) is 8.12. The standard InChI is InChI=1S/C15H17ClF3N3O2/c1-7(10-4-3-9(5-11(10)16)15(17,18)19)20-14(24)12-6-13(23)22-8(2)21-12/h3-5,7-8,12,21H,6H2,1-2H3,(H,20,24)(H,22,23). The molecule has 1 aliphatic rings. The van der Waals surface area contributed by atoms with Crippen molar-refractivity contribution in [1.82, 2.24) is 16.0 Å². The average Bonchev–Trinajstić information content (AvgIpc) is 2.44. The van der Waals surface area contributed by atoms with Crippen molar-refractivity contribution in [3.63, 3.8) is 0 Å².